The molecule has 1 aliphatic heterocycles. The SMILES string of the molecule is C[C@@H](c1ccccc1)[C@@H](c1nc2ccc(I)cc2[nH]1)N1C(=O)NC(c2ccc(OCC(=O)N(C)C)cc2)C1=O. The summed E-state index contributed by atoms with van der Waals surface area (Å²) in [5.41, 5.74) is 3.21. The van der Waals surface area contributed by atoms with Crippen LogP contribution in [-0.4, -0.2) is 58.3 Å². The van der Waals surface area contributed by atoms with Gasteiger partial charge in [-0.3, -0.25) is 14.5 Å². The van der Waals surface area contributed by atoms with Crippen LogP contribution in [0.5, 0.6) is 5.75 Å². The monoisotopic (exact) mass is 637 g/mol. The normalized spacial score (nSPS) is 16.7. The van der Waals surface area contributed by atoms with Crippen LogP contribution in [0, 0.1) is 3.57 Å². The number of aromatic amines is 1. The van der Waals surface area contributed by atoms with Gasteiger partial charge < -0.3 is 19.9 Å². The molecule has 1 fully saturated rings. The largest absolute Gasteiger partial charge is 0.484 e. The summed E-state index contributed by atoms with van der Waals surface area (Å²) in [6.07, 6.45) is 0. The molecular formula is C29H28IN5O4. The Labute approximate surface area is 239 Å². The molecule has 3 aromatic carbocycles. The van der Waals surface area contributed by atoms with Crippen molar-refractivity contribution in [1.29, 1.82) is 0 Å². The van der Waals surface area contributed by atoms with Gasteiger partial charge in [-0.2, -0.15) is 0 Å². The van der Waals surface area contributed by atoms with Crippen LogP contribution in [0.25, 0.3) is 11.0 Å². The van der Waals surface area contributed by atoms with Crippen LogP contribution in [0.2, 0.25) is 0 Å². The molecule has 39 heavy (non-hydrogen) atoms. The number of imidazole rings is 1. The molecule has 1 aromatic heterocycles. The number of carbonyl (C=O) groups excluding carboxylic acids is 3. The minimum Gasteiger partial charge on any atom is -0.484 e. The summed E-state index contributed by atoms with van der Waals surface area (Å²) in [5.74, 6) is 0.285. The van der Waals surface area contributed by atoms with Crippen molar-refractivity contribution < 1.29 is 19.1 Å². The summed E-state index contributed by atoms with van der Waals surface area (Å²) < 4.78 is 6.60. The molecule has 1 saturated heterocycles. The van der Waals surface area contributed by atoms with Crippen LogP contribution in [0.1, 0.15) is 41.9 Å². The van der Waals surface area contributed by atoms with E-state index in [9.17, 15) is 14.4 Å². The highest BCUT2D eigenvalue weighted by atomic mass is 127. The molecule has 2 heterocycles. The molecule has 10 heteroatoms. The number of rotatable bonds is 8. The predicted molar refractivity (Wildman–Crippen MR) is 155 cm³/mol. The Morgan fingerprint density at radius 1 is 1.08 bits per heavy atom. The highest BCUT2D eigenvalue weighted by molar-refractivity contribution is 14.1. The maximum Gasteiger partial charge on any atom is 0.325 e. The molecule has 9 nitrogen and oxygen atoms in total. The number of benzene rings is 3. The molecule has 1 unspecified atom stereocenters. The molecular weight excluding hydrogens is 609 g/mol. The minimum absolute atomic E-state index is 0.0885. The number of ether oxygens (including phenoxy) is 1. The fourth-order valence-corrected chi connectivity index (χ4v) is 5.17. The van der Waals surface area contributed by atoms with Gasteiger partial charge in [0.2, 0.25) is 0 Å². The van der Waals surface area contributed by atoms with E-state index in [1.54, 1.807) is 38.4 Å². The Morgan fingerprint density at radius 2 is 1.79 bits per heavy atom. The van der Waals surface area contributed by atoms with Crippen LogP contribution in [0.3, 0.4) is 0 Å². The van der Waals surface area contributed by atoms with Gasteiger partial charge in [-0.05, 0) is 64.0 Å². The fourth-order valence-electron chi connectivity index (χ4n) is 4.68. The summed E-state index contributed by atoms with van der Waals surface area (Å²) in [6, 6.07) is 20.5. The molecule has 0 spiro atoms. The lowest BCUT2D eigenvalue weighted by atomic mass is 9.91. The first-order chi connectivity index (χ1) is 18.7. The molecule has 1 aliphatic rings. The third kappa shape index (κ3) is 5.47. The van der Waals surface area contributed by atoms with Crippen molar-refractivity contribution >= 4 is 51.5 Å². The lowest BCUT2D eigenvalue weighted by molar-refractivity contribution is -0.131. The number of hydrogen-bond acceptors (Lipinski definition) is 5. The lowest BCUT2D eigenvalue weighted by Crippen LogP contribution is -2.38. The number of aromatic nitrogens is 2. The number of nitrogens with one attached hydrogen (secondary N) is 2. The van der Waals surface area contributed by atoms with Gasteiger partial charge in [-0.25, -0.2) is 9.78 Å². The van der Waals surface area contributed by atoms with Crippen molar-refractivity contribution in [3.8, 4) is 5.75 Å². The molecule has 3 atom stereocenters. The third-order valence-corrected chi connectivity index (χ3v) is 7.54. The van der Waals surface area contributed by atoms with Crippen LogP contribution in [-0.2, 0) is 9.59 Å². The van der Waals surface area contributed by atoms with Gasteiger partial charge in [0, 0.05) is 23.6 Å². The molecule has 0 aliphatic carbocycles. The van der Waals surface area contributed by atoms with Crippen molar-refractivity contribution in [2.45, 2.75) is 24.9 Å². The Kier molecular flexibility index (Phi) is 7.56. The van der Waals surface area contributed by atoms with Gasteiger partial charge in [0.15, 0.2) is 6.61 Å². The minimum atomic E-state index is -0.856. The Morgan fingerprint density at radius 3 is 2.49 bits per heavy atom. The van der Waals surface area contributed by atoms with E-state index in [4.69, 9.17) is 9.72 Å². The number of nitrogens with zero attached hydrogens (tertiary/aromatic N) is 3. The van der Waals surface area contributed by atoms with E-state index in [-0.39, 0.29) is 24.3 Å². The first-order valence-corrected chi connectivity index (χ1v) is 13.6. The maximum absolute atomic E-state index is 13.8. The number of halogens is 1. The smallest absolute Gasteiger partial charge is 0.325 e. The number of urea groups is 1. The number of fused-ring (bicyclic) bond motifs is 1. The predicted octanol–water partition coefficient (Wildman–Crippen LogP) is 4.77. The van der Waals surface area contributed by atoms with Crippen molar-refractivity contribution in [1.82, 2.24) is 25.1 Å². The first kappa shape index (κ1) is 26.7. The van der Waals surface area contributed by atoms with Gasteiger partial charge >= 0.3 is 6.03 Å². The van der Waals surface area contributed by atoms with Gasteiger partial charge in [0.05, 0.1) is 11.0 Å². The zero-order valence-corrected chi connectivity index (χ0v) is 23.9. The van der Waals surface area contributed by atoms with Gasteiger partial charge in [-0.1, -0.05) is 49.4 Å². The maximum atomic E-state index is 13.8. The Balaban J connectivity index is 1.45. The summed E-state index contributed by atoms with van der Waals surface area (Å²) in [5, 5.41) is 2.85. The average molecular weight is 637 g/mol. The molecule has 4 amide bonds. The highest BCUT2D eigenvalue weighted by Gasteiger charge is 2.46. The fraction of sp³-hybridized carbons (Fsp3) is 0.241. The standard InChI is InChI=1S/C29H28IN5O4/c1-17(18-7-5-4-6-8-18)26(27-31-22-14-11-20(30)15-23(22)32-27)35-28(37)25(33-29(35)38)19-9-12-21(13-10-19)39-16-24(36)34(2)3/h4-15,17,25-26H,16H2,1-3H3,(H,31,32)(H,33,38)/t17-,25?,26-/m0/s1. The highest BCUT2D eigenvalue weighted by Crippen LogP contribution is 2.39. The zero-order valence-electron chi connectivity index (χ0n) is 21.7. The van der Waals surface area contributed by atoms with E-state index < -0.39 is 18.1 Å². The topological polar surface area (TPSA) is 108 Å². The summed E-state index contributed by atoms with van der Waals surface area (Å²) in [7, 11) is 3.32. The van der Waals surface area contributed by atoms with Crippen molar-refractivity contribution in [3.63, 3.8) is 0 Å². The molecule has 4 aromatic rings. The second-order valence-corrected chi connectivity index (χ2v) is 10.9. The van der Waals surface area contributed by atoms with Crippen LogP contribution >= 0.6 is 22.6 Å². The number of likely N-dealkylation sites (N-methyl/N-ethyl adjacent to an activating group) is 1. The van der Waals surface area contributed by atoms with E-state index in [1.807, 2.05) is 55.5 Å². The third-order valence-electron chi connectivity index (χ3n) is 6.87. The van der Waals surface area contributed by atoms with Gasteiger partial charge in [0.1, 0.15) is 23.7 Å². The Hall–Kier alpha value is -3.93. The summed E-state index contributed by atoms with van der Waals surface area (Å²) >= 11 is 2.24. The van der Waals surface area contributed by atoms with Crippen LogP contribution < -0.4 is 10.1 Å². The van der Waals surface area contributed by atoms with E-state index in [0.717, 1.165) is 20.2 Å². The number of imide groups is 1. The summed E-state index contributed by atoms with van der Waals surface area (Å²) in [4.78, 5) is 49.9. The second-order valence-electron chi connectivity index (χ2n) is 9.66. The number of hydrogen-bond donors (Lipinski definition) is 2. The van der Waals surface area contributed by atoms with E-state index in [0.29, 0.717) is 17.1 Å². The summed E-state index contributed by atoms with van der Waals surface area (Å²) in [6.45, 7) is 1.90. The number of H-pyrrole nitrogens is 1. The van der Waals surface area contributed by atoms with Gasteiger partial charge in [0.25, 0.3) is 11.8 Å². The van der Waals surface area contributed by atoms with Crippen molar-refractivity contribution in [3.05, 3.63) is 93.3 Å². The molecule has 2 N–H and O–H groups in total. The molecule has 0 bridgehead atoms. The van der Waals surface area contributed by atoms with E-state index in [1.165, 1.54) is 9.80 Å². The van der Waals surface area contributed by atoms with Crippen molar-refractivity contribution in [2.24, 2.45) is 0 Å². The second kappa shape index (κ2) is 11.0. The first-order valence-electron chi connectivity index (χ1n) is 12.5. The molecule has 5 rings (SSSR count). The molecule has 0 radical (unpaired) electrons. The average Bonchev–Trinajstić information content (AvgIpc) is 3.48. The van der Waals surface area contributed by atoms with Gasteiger partial charge in [-0.15, -0.1) is 0 Å². The van der Waals surface area contributed by atoms with Crippen LogP contribution in [0.15, 0.2) is 72.8 Å². The number of amides is 4. The van der Waals surface area contributed by atoms with E-state index in [2.05, 4.69) is 32.9 Å². The number of carbonyl (C=O) groups is 3. The van der Waals surface area contributed by atoms with Crippen LogP contribution in [0.4, 0.5) is 4.79 Å². The quantitative estimate of drug-likeness (QED) is 0.214. The lowest BCUT2D eigenvalue weighted by Gasteiger charge is -2.29. The Bertz CT molecular complexity index is 1520. The van der Waals surface area contributed by atoms with Crippen molar-refractivity contribution in [2.75, 3.05) is 20.7 Å². The van der Waals surface area contributed by atoms with E-state index >= 15 is 0 Å². The zero-order chi connectivity index (χ0) is 27.7. The molecule has 0 saturated carbocycles. The molecule has 200 valence electrons.